The summed E-state index contributed by atoms with van der Waals surface area (Å²) in [6, 6.07) is 22.4. The number of amides is 2. The van der Waals surface area contributed by atoms with E-state index in [0.717, 1.165) is 11.3 Å². The number of imidazole rings is 1. The molecular formula is C28H28N4O3. The molecule has 0 atom stereocenters. The Hall–Kier alpha value is -4.39. The van der Waals surface area contributed by atoms with Gasteiger partial charge in [0.1, 0.15) is 11.4 Å². The summed E-state index contributed by atoms with van der Waals surface area (Å²) in [6.07, 6.45) is 3.35. The lowest BCUT2D eigenvalue weighted by Gasteiger charge is -2.10. The molecule has 2 N–H and O–H groups in total. The topological polar surface area (TPSA) is 85.2 Å². The number of nitrogens with zero attached hydrogens (tertiary/aromatic N) is 2. The van der Waals surface area contributed by atoms with Crippen LogP contribution in [0, 0.1) is 0 Å². The zero-order valence-electron chi connectivity index (χ0n) is 20.0. The number of benzene rings is 3. The second-order valence-electron chi connectivity index (χ2n) is 8.51. The van der Waals surface area contributed by atoms with Gasteiger partial charge in [0, 0.05) is 24.1 Å². The number of nitrogens with one attached hydrogen (secondary N) is 2. The smallest absolute Gasteiger partial charge is 0.275 e. The third-order valence-electron chi connectivity index (χ3n) is 5.63. The molecule has 0 saturated heterocycles. The van der Waals surface area contributed by atoms with Gasteiger partial charge < -0.3 is 19.9 Å². The minimum atomic E-state index is -0.254. The summed E-state index contributed by atoms with van der Waals surface area (Å²) >= 11 is 0. The molecule has 0 aliphatic carbocycles. The maximum atomic E-state index is 12.6. The van der Waals surface area contributed by atoms with E-state index in [2.05, 4.69) is 29.5 Å². The van der Waals surface area contributed by atoms with Crippen LogP contribution in [0.5, 0.6) is 5.75 Å². The van der Waals surface area contributed by atoms with E-state index in [-0.39, 0.29) is 11.8 Å². The van der Waals surface area contributed by atoms with Crippen LogP contribution < -0.4 is 15.4 Å². The van der Waals surface area contributed by atoms with Crippen LogP contribution in [-0.2, 0) is 6.54 Å². The maximum absolute atomic E-state index is 12.6. The van der Waals surface area contributed by atoms with Crippen LogP contribution in [0.2, 0.25) is 0 Å². The Kier molecular flexibility index (Phi) is 7.26. The third kappa shape index (κ3) is 5.95. The molecule has 0 saturated carbocycles. The SMILES string of the molecule is COc1ccccc1C(=O)Nc1ccc(Cn2cnc(C(=O)Nc3ccc(C(C)C)cc3)c2)cc1. The highest BCUT2D eigenvalue weighted by Crippen LogP contribution is 2.20. The first-order valence-corrected chi connectivity index (χ1v) is 11.4. The fourth-order valence-corrected chi connectivity index (χ4v) is 3.65. The largest absolute Gasteiger partial charge is 0.496 e. The molecule has 4 rings (SSSR count). The van der Waals surface area contributed by atoms with Gasteiger partial charge >= 0.3 is 0 Å². The Balaban J connectivity index is 1.35. The molecule has 0 unspecified atom stereocenters. The summed E-state index contributed by atoms with van der Waals surface area (Å²) in [4.78, 5) is 29.4. The average molecular weight is 469 g/mol. The normalized spacial score (nSPS) is 10.7. The van der Waals surface area contributed by atoms with Gasteiger partial charge in [-0.25, -0.2) is 4.98 Å². The van der Waals surface area contributed by atoms with E-state index < -0.39 is 0 Å². The zero-order chi connectivity index (χ0) is 24.8. The Morgan fingerprint density at radius 2 is 1.51 bits per heavy atom. The van der Waals surface area contributed by atoms with Crippen LogP contribution in [-0.4, -0.2) is 28.5 Å². The molecule has 0 bridgehead atoms. The second-order valence-corrected chi connectivity index (χ2v) is 8.51. The van der Waals surface area contributed by atoms with Crippen molar-refractivity contribution >= 4 is 23.2 Å². The first-order valence-electron chi connectivity index (χ1n) is 11.4. The van der Waals surface area contributed by atoms with Crippen molar-refractivity contribution < 1.29 is 14.3 Å². The molecule has 1 aromatic heterocycles. The van der Waals surface area contributed by atoms with E-state index in [1.54, 1.807) is 30.7 Å². The Bertz CT molecular complexity index is 1310. The van der Waals surface area contributed by atoms with Crippen molar-refractivity contribution in [3.63, 3.8) is 0 Å². The first kappa shape index (κ1) is 23.8. The zero-order valence-corrected chi connectivity index (χ0v) is 20.0. The maximum Gasteiger partial charge on any atom is 0.275 e. The van der Waals surface area contributed by atoms with Gasteiger partial charge in [-0.15, -0.1) is 0 Å². The number of ether oxygens (including phenoxy) is 1. The summed E-state index contributed by atoms with van der Waals surface area (Å²) in [5, 5.41) is 5.77. The Morgan fingerprint density at radius 1 is 0.886 bits per heavy atom. The van der Waals surface area contributed by atoms with Crippen LogP contribution in [0.25, 0.3) is 0 Å². The summed E-state index contributed by atoms with van der Waals surface area (Å²) in [7, 11) is 1.54. The van der Waals surface area contributed by atoms with E-state index in [1.165, 1.54) is 12.7 Å². The molecule has 7 nitrogen and oxygen atoms in total. The van der Waals surface area contributed by atoms with Gasteiger partial charge in [-0.05, 0) is 53.4 Å². The van der Waals surface area contributed by atoms with Crippen molar-refractivity contribution in [2.75, 3.05) is 17.7 Å². The standard InChI is InChI=1S/C28H28N4O3/c1-19(2)21-10-14-23(15-11-21)31-28(34)25-17-32(18-29-25)16-20-8-12-22(13-9-20)30-27(33)24-6-4-5-7-26(24)35-3/h4-15,17-19H,16H2,1-3H3,(H,30,33)(H,31,34). The highest BCUT2D eigenvalue weighted by Gasteiger charge is 2.12. The van der Waals surface area contributed by atoms with E-state index in [4.69, 9.17) is 4.74 Å². The fraction of sp³-hybridized carbons (Fsp3) is 0.179. The number of para-hydroxylation sites is 1. The van der Waals surface area contributed by atoms with E-state index in [1.807, 2.05) is 59.2 Å². The van der Waals surface area contributed by atoms with Crippen molar-refractivity contribution in [3.8, 4) is 5.75 Å². The van der Waals surface area contributed by atoms with Crippen LogP contribution in [0.1, 0.15) is 51.7 Å². The van der Waals surface area contributed by atoms with Crippen LogP contribution in [0.15, 0.2) is 85.3 Å². The quantitative estimate of drug-likeness (QED) is 0.354. The Morgan fingerprint density at radius 3 is 2.17 bits per heavy atom. The number of carbonyl (C=O) groups is 2. The number of hydrogen-bond acceptors (Lipinski definition) is 4. The average Bonchev–Trinajstić information content (AvgIpc) is 3.34. The van der Waals surface area contributed by atoms with Crippen molar-refractivity contribution in [1.29, 1.82) is 0 Å². The second kappa shape index (κ2) is 10.7. The number of methoxy groups -OCH3 is 1. The van der Waals surface area contributed by atoms with E-state index >= 15 is 0 Å². The monoisotopic (exact) mass is 468 g/mol. The lowest BCUT2D eigenvalue weighted by molar-refractivity contribution is 0.101. The molecule has 1 heterocycles. The lowest BCUT2D eigenvalue weighted by atomic mass is 10.0. The van der Waals surface area contributed by atoms with Crippen LogP contribution in [0.4, 0.5) is 11.4 Å². The molecule has 35 heavy (non-hydrogen) atoms. The Labute approximate surface area is 204 Å². The van der Waals surface area contributed by atoms with Gasteiger partial charge in [0.15, 0.2) is 0 Å². The van der Waals surface area contributed by atoms with Gasteiger partial charge in [0.05, 0.1) is 19.0 Å². The molecule has 0 aliphatic rings. The van der Waals surface area contributed by atoms with Gasteiger partial charge in [-0.2, -0.15) is 0 Å². The van der Waals surface area contributed by atoms with E-state index in [0.29, 0.717) is 35.2 Å². The van der Waals surface area contributed by atoms with Gasteiger partial charge in [-0.3, -0.25) is 9.59 Å². The molecule has 3 aromatic carbocycles. The van der Waals surface area contributed by atoms with E-state index in [9.17, 15) is 9.59 Å². The van der Waals surface area contributed by atoms with Crippen molar-refractivity contribution in [1.82, 2.24) is 9.55 Å². The first-order chi connectivity index (χ1) is 16.9. The van der Waals surface area contributed by atoms with Gasteiger partial charge in [0.2, 0.25) is 0 Å². The van der Waals surface area contributed by atoms with Crippen LogP contribution in [0.3, 0.4) is 0 Å². The molecule has 0 aliphatic heterocycles. The molecule has 2 amide bonds. The highest BCUT2D eigenvalue weighted by atomic mass is 16.5. The number of hydrogen-bond donors (Lipinski definition) is 2. The predicted molar refractivity (Wildman–Crippen MR) is 137 cm³/mol. The molecule has 178 valence electrons. The highest BCUT2D eigenvalue weighted by molar-refractivity contribution is 6.06. The molecule has 4 aromatic rings. The summed E-state index contributed by atoms with van der Waals surface area (Å²) < 4.78 is 7.10. The molecule has 0 spiro atoms. The van der Waals surface area contributed by atoms with Crippen molar-refractivity contribution in [2.45, 2.75) is 26.3 Å². The molecular weight excluding hydrogens is 440 g/mol. The molecule has 0 radical (unpaired) electrons. The van der Waals surface area contributed by atoms with Gasteiger partial charge in [0.25, 0.3) is 11.8 Å². The fourth-order valence-electron chi connectivity index (χ4n) is 3.65. The minimum Gasteiger partial charge on any atom is -0.496 e. The predicted octanol–water partition coefficient (Wildman–Crippen LogP) is 5.57. The summed E-state index contributed by atoms with van der Waals surface area (Å²) in [6.45, 7) is 4.81. The minimum absolute atomic E-state index is 0.237. The lowest BCUT2D eigenvalue weighted by Crippen LogP contribution is -2.13. The molecule has 7 heteroatoms. The van der Waals surface area contributed by atoms with Crippen LogP contribution >= 0.6 is 0 Å². The van der Waals surface area contributed by atoms with Crippen molar-refractivity contribution in [3.05, 3.63) is 108 Å². The number of aromatic nitrogens is 2. The number of anilines is 2. The van der Waals surface area contributed by atoms with Gasteiger partial charge in [-0.1, -0.05) is 50.2 Å². The third-order valence-corrected chi connectivity index (χ3v) is 5.63. The summed E-state index contributed by atoms with van der Waals surface area (Å²) in [5.74, 6) is 0.470. The number of rotatable bonds is 8. The summed E-state index contributed by atoms with van der Waals surface area (Å²) in [5.41, 5.74) is 4.46. The molecule has 0 fully saturated rings. The van der Waals surface area contributed by atoms with Crippen molar-refractivity contribution in [2.24, 2.45) is 0 Å². The number of carbonyl (C=O) groups excluding carboxylic acids is 2.